The highest BCUT2D eigenvalue weighted by Crippen LogP contribution is 2.29. The Bertz CT molecular complexity index is 712. The summed E-state index contributed by atoms with van der Waals surface area (Å²) < 4.78 is 1.63. The Kier molecular flexibility index (Phi) is 2.84. The zero-order valence-electron chi connectivity index (χ0n) is 10.1. The molecule has 1 aliphatic rings. The van der Waals surface area contributed by atoms with E-state index in [4.69, 9.17) is 16.9 Å². The molecule has 1 heterocycles. The van der Waals surface area contributed by atoms with E-state index in [2.05, 4.69) is 5.10 Å². The van der Waals surface area contributed by atoms with Gasteiger partial charge in [-0.05, 0) is 25.0 Å². The van der Waals surface area contributed by atoms with E-state index < -0.39 is 0 Å². The summed E-state index contributed by atoms with van der Waals surface area (Å²) in [6.07, 6.45) is 2.00. The number of rotatable bonds is 1. The fraction of sp³-hybridized carbons (Fsp3) is 0.214. The monoisotopic (exact) mass is 271 g/mol. The molecule has 0 radical (unpaired) electrons. The molecule has 1 aliphatic carbocycles. The van der Waals surface area contributed by atoms with Gasteiger partial charge in [0.15, 0.2) is 11.5 Å². The Hall–Kier alpha value is -2.12. The van der Waals surface area contributed by atoms with E-state index in [1.165, 1.54) is 0 Å². The van der Waals surface area contributed by atoms with Crippen molar-refractivity contribution in [2.75, 3.05) is 0 Å². The molecule has 0 unspecified atom stereocenters. The maximum absolute atomic E-state index is 12.0. The fourth-order valence-electron chi connectivity index (χ4n) is 2.42. The predicted octanol–water partition coefficient (Wildman–Crippen LogP) is 2.92. The van der Waals surface area contributed by atoms with Crippen molar-refractivity contribution in [3.05, 3.63) is 46.2 Å². The van der Waals surface area contributed by atoms with Crippen LogP contribution in [0, 0.1) is 11.3 Å². The third-order valence-electron chi connectivity index (χ3n) is 3.26. The van der Waals surface area contributed by atoms with E-state index in [1.807, 2.05) is 24.3 Å². The number of hydrogen-bond donors (Lipinski definition) is 0. The number of ketones is 1. The topological polar surface area (TPSA) is 58.7 Å². The van der Waals surface area contributed by atoms with Crippen LogP contribution in [0.4, 0.5) is 0 Å². The first-order chi connectivity index (χ1) is 9.22. The van der Waals surface area contributed by atoms with Crippen LogP contribution in [-0.4, -0.2) is 15.6 Å². The molecule has 0 spiro atoms. The average molecular weight is 272 g/mol. The lowest BCUT2D eigenvalue weighted by Crippen LogP contribution is -2.13. The molecule has 0 saturated carbocycles. The molecule has 0 N–H and O–H groups in total. The molecule has 3 rings (SSSR count). The number of carbonyl (C=O) groups is 1. The second kappa shape index (κ2) is 4.52. The summed E-state index contributed by atoms with van der Waals surface area (Å²) in [7, 11) is 0. The van der Waals surface area contributed by atoms with Crippen LogP contribution >= 0.6 is 11.6 Å². The van der Waals surface area contributed by atoms with Crippen molar-refractivity contribution >= 4 is 17.4 Å². The lowest BCUT2D eigenvalue weighted by molar-refractivity contribution is 0.0972. The Labute approximate surface area is 115 Å². The van der Waals surface area contributed by atoms with Gasteiger partial charge in [0, 0.05) is 6.42 Å². The molecule has 2 aromatic rings. The maximum atomic E-state index is 12.0. The van der Waals surface area contributed by atoms with E-state index in [0.29, 0.717) is 22.7 Å². The van der Waals surface area contributed by atoms with Gasteiger partial charge < -0.3 is 0 Å². The fourth-order valence-corrected chi connectivity index (χ4v) is 2.64. The van der Waals surface area contributed by atoms with E-state index in [-0.39, 0.29) is 11.5 Å². The summed E-state index contributed by atoms with van der Waals surface area (Å²) in [5.41, 5.74) is 2.16. The molecule has 0 aliphatic heterocycles. The summed E-state index contributed by atoms with van der Waals surface area (Å²) >= 11 is 6.16. The van der Waals surface area contributed by atoms with Crippen molar-refractivity contribution in [1.29, 1.82) is 5.26 Å². The largest absolute Gasteiger partial charge is 0.294 e. The van der Waals surface area contributed by atoms with Crippen molar-refractivity contribution in [2.45, 2.75) is 19.3 Å². The van der Waals surface area contributed by atoms with Crippen molar-refractivity contribution in [1.82, 2.24) is 9.78 Å². The molecule has 19 heavy (non-hydrogen) atoms. The average Bonchev–Trinajstić information content (AvgIpc) is 2.79. The molecule has 0 amide bonds. The van der Waals surface area contributed by atoms with Gasteiger partial charge in [-0.25, -0.2) is 4.68 Å². The van der Waals surface area contributed by atoms with E-state index in [9.17, 15) is 4.79 Å². The Balaban J connectivity index is 2.27. The van der Waals surface area contributed by atoms with Crippen LogP contribution in [0.3, 0.4) is 0 Å². The second-order valence-electron chi connectivity index (χ2n) is 4.42. The molecular formula is C14H10ClN3O. The maximum Gasteiger partial charge on any atom is 0.174 e. The van der Waals surface area contributed by atoms with Crippen molar-refractivity contribution in [3.8, 4) is 11.8 Å². The number of para-hydroxylation sites is 1. The number of nitrogens with zero attached hydrogens (tertiary/aromatic N) is 3. The third-order valence-corrected chi connectivity index (χ3v) is 3.58. The summed E-state index contributed by atoms with van der Waals surface area (Å²) in [6.45, 7) is 0. The van der Waals surface area contributed by atoms with Crippen LogP contribution in [0.15, 0.2) is 24.3 Å². The summed E-state index contributed by atoms with van der Waals surface area (Å²) in [6, 6.07) is 9.28. The van der Waals surface area contributed by atoms with Crippen molar-refractivity contribution in [2.24, 2.45) is 0 Å². The lowest BCUT2D eigenvalue weighted by atomic mass is 9.94. The van der Waals surface area contributed by atoms with Crippen LogP contribution in [0.2, 0.25) is 5.02 Å². The molecule has 4 nitrogen and oxygen atoms in total. The Morgan fingerprint density at radius 3 is 2.84 bits per heavy atom. The van der Waals surface area contributed by atoms with Gasteiger partial charge in [0.1, 0.15) is 6.07 Å². The number of carbonyl (C=O) groups excluding carboxylic acids is 1. The van der Waals surface area contributed by atoms with Crippen LogP contribution in [-0.2, 0) is 6.42 Å². The van der Waals surface area contributed by atoms with Gasteiger partial charge in [-0.3, -0.25) is 4.79 Å². The minimum atomic E-state index is -0.00361. The summed E-state index contributed by atoms with van der Waals surface area (Å²) in [5.74, 6) is -0.00361. The van der Waals surface area contributed by atoms with Crippen LogP contribution in [0.25, 0.3) is 5.69 Å². The molecule has 5 heteroatoms. The van der Waals surface area contributed by atoms with Gasteiger partial charge in [0.2, 0.25) is 0 Å². The third kappa shape index (κ3) is 1.83. The number of halogens is 1. The van der Waals surface area contributed by atoms with E-state index in [1.54, 1.807) is 10.7 Å². The second-order valence-corrected chi connectivity index (χ2v) is 4.83. The van der Waals surface area contributed by atoms with E-state index in [0.717, 1.165) is 18.5 Å². The van der Waals surface area contributed by atoms with E-state index >= 15 is 0 Å². The van der Waals surface area contributed by atoms with Gasteiger partial charge >= 0.3 is 0 Å². The zero-order chi connectivity index (χ0) is 13.4. The number of nitriles is 1. The molecule has 1 aromatic heterocycles. The van der Waals surface area contributed by atoms with Gasteiger partial charge in [-0.15, -0.1) is 0 Å². The lowest BCUT2D eigenvalue weighted by Gasteiger charge is -2.13. The smallest absolute Gasteiger partial charge is 0.174 e. The first-order valence-corrected chi connectivity index (χ1v) is 6.40. The minimum Gasteiger partial charge on any atom is -0.294 e. The van der Waals surface area contributed by atoms with Crippen molar-refractivity contribution in [3.63, 3.8) is 0 Å². The quantitative estimate of drug-likeness (QED) is 0.801. The Morgan fingerprint density at radius 2 is 2.11 bits per heavy atom. The molecule has 0 bridgehead atoms. The van der Waals surface area contributed by atoms with Crippen molar-refractivity contribution < 1.29 is 4.79 Å². The molecule has 0 fully saturated rings. The molecule has 0 atom stereocenters. The van der Waals surface area contributed by atoms with Gasteiger partial charge in [-0.2, -0.15) is 10.4 Å². The highest BCUT2D eigenvalue weighted by molar-refractivity contribution is 6.32. The number of fused-ring (bicyclic) bond motifs is 1. The minimum absolute atomic E-state index is 0.00361. The molecule has 94 valence electrons. The van der Waals surface area contributed by atoms with Gasteiger partial charge in [0.05, 0.1) is 22.0 Å². The highest BCUT2D eigenvalue weighted by atomic mass is 35.5. The molecule has 1 aromatic carbocycles. The van der Waals surface area contributed by atoms with Crippen LogP contribution in [0.5, 0.6) is 0 Å². The summed E-state index contributed by atoms with van der Waals surface area (Å²) in [4.78, 5) is 12.0. The highest BCUT2D eigenvalue weighted by Gasteiger charge is 2.27. The van der Waals surface area contributed by atoms with Gasteiger partial charge in [0.25, 0.3) is 0 Å². The Morgan fingerprint density at radius 1 is 1.32 bits per heavy atom. The van der Waals surface area contributed by atoms with Crippen LogP contribution < -0.4 is 0 Å². The zero-order valence-corrected chi connectivity index (χ0v) is 10.8. The standard InChI is InChI=1S/C14H10ClN3O/c15-9-4-1-2-5-11(9)18-12-6-3-7-13(19)14(12)10(8-16)17-18/h1-2,4-5H,3,6-7H2. The molecular weight excluding hydrogens is 262 g/mol. The number of hydrogen-bond acceptors (Lipinski definition) is 3. The van der Waals surface area contributed by atoms with Crippen LogP contribution in [0.1, 0.15) is 34.6 Å². The first-order valence-electron chi connectivity index (χ1n) is 6.02. The SMILES string of the molecule is N#Cc1nn(-c2ccccc2Cl)c2c1C(=O)CCC2. The number of Topliss-reactive ketones (excluding diaryl/α,β-unsaturated/α-hetero) is 1. The van der Waals surface area contributed by atoms with Gasteiger partial charge in [-0.1, -0.05) is 23.7 Å². The molecule has 0 saturated heterocycles. The predicted molar refractivity (Wildman–Crippen MR) is 70.6 cm³/mol. The summed E-state index contributed by atoms with van der Waals surface area (Å²) in [5, 5.41) is 13.9. The normalized spacial score (nSPS) is 14.0. The first kappa shape index (κ1) is 11.9. The number of benzene rings is 1. The number of aromatic nitrogens is 2.